The molecule has 0 fully saturated rings. The summed E-state index contributed by atoms with van der Waals surface area (Å²) in [7, 11) is 0. The first kappa shape index (κ1) is 17.1. The molecular weight excluding hydrogens is 275 g/mol. The van der Waals surface area contributed by atoms with E-state index in [4.69, 9.17) is 9.47 Å². The van der Waals surface area contributed by atoms with E-state index in [0.29, 0.717) is 12.8 Å². The van der Waals surface area contributed by atoms with Crippen molar-refractivity contribution in [2.24, 2.45) is 0 Å². The Morgan fingerprint density at radius 2 is 1.48 bits per heavy atom. The lowest BCUT2D eigenvalue weighted by molar-refractivity contribution is -0.137. The summed E-state index contributed by atoms with van der Waals surface area (Å²) >= 11 is 0. The van der Waals surface area contributed by atoms with Crippen molar-refractivity contribution in [2.45, 2.75) is 52.4 Å². The summed E-state index contributed by atoms with van der Waals surface area (Å²) in [6.07, 6.45) is 3.66. The summed E-state index contributed by atoms with van der Waals surface area (Å²) in [5, 5.41) is 0. The van der Waals surface area contributed by atoms with Crippen LogP contribution in [0.5, 0.6) is 11.5 Å². The molecule has 0 aliphatic rings. The normalized spacial score (nSPS) is 10.2. The zero-order valence-electron chi connectivity index (χ0n) is 12.5. The van der Waals surface area contributed by atoms with Crippen molar-refractivity contribution in [3.05, 3.63) is 24.0 Å². The van der Waals surface area contributed by atoms with Crippen LogP contribution in [0.25, 0.3) is 0 Å². The second-order valence-corrected chi connectivity index (χ2v) is 4.75. The quantitative estimate of drug-likeness (QED) is 0.537. The van der Waals surface area contributed by atoms with Gasteiger partial charge in [-0.1, -0.05) is 26.7 Å². The maximum absolute atomic E-state index is 13.3. The predicted molar refractivity (Wildman–Crippen MR) is 76.7 cm³/mol. The summed E-state index contributed by atoms with van der Waals surface area (Å²) in [4.78, 5) is 23.2. The molecule has 0 radical (unpaired) electrons. The average molecular weight is 296 g/mol. The van der Waals surface area contributed by atoms with E-state index in [2.05, 4.69) is 0 Å². The van der Waals surface area contributed by atoms with Gasteiger partial charge in [-0.15, -0.1) is 0 Å². The first-order valence-electron chi connectivity index (χ1n) is 7.27. The van der Waals surface area contributed by atoms with Gasteiger partial charge in [0.1, 0.15) is 5.82 Å². The van der Waals surface area contributed by atoms with E-state index in [9.17, 15) is 14.0 Å². The fraction of sp³-hybridized carbons (Fsp3) is 0.500. The molecule has 0 unspecified atom stereocenters. The number of unbranched alkanes of at least 4 members (excludes halogenated alkanes) is 2. The van der Waals surface area contributed by atoms with E-state index >= 15 is 0 Å². The molecule has 1 aromatic carbocycles. The number of rotatable bonds is 8. The highest BCUT2D eigenvalue weighted by Crippen LogP contribution is 2.29. The molecule has 0 aromatic heterocycles. The predicted octanol–water partition coefficient (Wildman–Crippen LogP) is 4.02. The molecule has 0 N–H and O–H groups in total. The topological polar surface area (TPSA) is 52.6 Å². The number of esters is 2. The molecule has 4 nitrogen and oxygen atoms in total. The maximum atomic E-state index is 13.3. The van der Waals surface area contributed by atoms with Crippen LogP contribution in [-0.2, 0) is 9.59 Å². The Morgan fingerprint density at radius 3 is 2.00 bits per heavy atom. The third kappa shape index (κ3) is 6.38. The fourth-order valence-corrected chi connectivity index (χ4v) is 1.64. The van der Waals surface area contributed by atoms with Crippen LogP contribution >= 0.6 is 0 Å². The Balaban J connectivity index is 2.74. The van der Waals surface area contributed by atoms with Crippen molar-refractivity contribution < 1.29 is 23.5 Å². The number of benzene rings is 1. The molecule has 0 spiro atoms. The highest BCUT2D eigenvalue weighted by molar-refractivity contribution is 5.76. The van der Waals surface area contributed by atoms with Crippen LogP contribution in [0.1, 0.15) is 52.4 Å². The van der Waals surface area contributed by atoms with Gasteiger partial charge in [0.05, 0.1) is 0 Å². The number of carbonyl (C=O) groups excluding carboxylic acids is 2. The van der Waals surface area contributed by atoms with Crippen molar-refractivity contribution >= 4 is 11.9 Å². The second kappa shape index (κ2) is 9.10. The van der Waals surface area contributed by atoms with Crippen molar-refractivity contribution in [2.75, 3.05) is 0 Å². The largest absolute Gasteiger partial charge is 0.423 e. The zero-order valence-corrected chi connectivity index (χ0v) is 12.5. The molecule has 116 valence electrons. The molecule has 21 heavy (non-hydrogen) atoms. The van der Waals surface area contributed by atoms with E-state index in [0.717, 1.165) is 25.0 Å². The molecular formula is C16H21FO4. The van der Waals surface area contributed by atoms with Crippen LogP contribution < -0.4 is 9.47 Å². The zero-order chi connectivity index (χ0) is 15.7. The maximum Gasteiger partial charge on any atom is 0.311 e. The smallest absolute Gasteiger partial charge is 0.311 e. The van der Waals surface area contributed by atoms with E-state index in [1.54, 1.807) is 0 Å². The molecule has 1 rings (SSSR count). The lowest BCUT2D eigenvalue weighted by Gasteiger charge is -2.10. The number of ether oxygens (including phenoxy) is 2. The molecule has 0 amide bonds. The summed E-state index contributed by atoms with van der Waals surface area (Å²) in [6, 6.07) is 3.50. The fourth-order valence-electron chi connectivity index (χ4n) is 1.64. The van der Waals surface area contributed by atoms with Crippen molar-refractivity contribution in [1.29, 1.82) is 0 Å². The third-order valence-electron chi connectivity index (χ3n) is 2.82. The molecule has 0 saturated carbocycles. The van der Waals surface area contributed by atoms with Crippen LogP contribution in [0.3, 0.4) is 0 Å². The van der Waals surface area contributed by atoms with Gasteiger partial charge >= 0.3 is 11.9 Å². The van der Waals surface area contributed by atoms with Crippen molar-refractivity contribution in [3.63, 3.8) is 0 Å². The number of hydrogen-bond donors (Lipinski definition) is 0. The monoisotopic (exact) mass is 296 g/mol. The lowest BCUT2D eigenvalue weighted by atomic mass is 10.2. The number of hydrogen-bond acceptors (Lipinski definition) is 4. The molecule has 0 saturated heterocycles. The Labute approximate surface area is 124 Å². The molecule has 5 heteroatoms. The summed E-state index contributed by atoms with van der Waals surface area (Å²) in [5.74, 6) is -1.42. The van der Waals surface area contributed by atoms with Gasteiger partial charge in [0.15, 0.2) is 11.5 Å². The SMILES string of the molecule is CCCCC(=O)Oc1ccc(F)cc1OC(=O)CCCC. The Hall–Kier alpha value is -1.91. The van der Waals surface area contributed by atoms with Crippen molar-refractivity contribution in [3.8, 4) is 11.5 Å². The van der Waals surface area contributed by atoms with Gasteiger partial charge in [-0.3, -0.25) is 9.59 Å². The van der Waals surface area contributed by atoms with Gasteiger partial charge in [-0.05, 0) is 25.0 Å². The molecule has 0 bridgehead atoms. The summed E-state index contributed by atoms with van der Waals surface area (Å²) in [5.41, 5.74) is 0. The van der Waals surface area contributed by atoms with Crippen molar-refractivity contribution in [1.82, 2.24) is 0 Å². The van der Waals surface area contributed by atoms with Gasteiger partial charge in [0.25, 0.3) is 0 Å². The molecule has 0 aliphatic carbocycles. The first-order valence-corrected chi connectivity index (χ1v) is 7.27. The minimum atomic E-state index is -0.554. The second-order valence-electron chi connectivity index (χ2n) is 4.75. The lowest BCUT2D eigenvalue weighted by Crippen LogP contribution is -2.12. The third-order valence-corrected chi connectivity index (χ3v) is 2.82. The summed E-state index contributed by atoms with van der Waals surface area (Å²) < 4.78 is 23.5. The van der Waals surface area contributed by atoms with Gasteiger partial charge < -0.3 is 9.47 Å². The first-order chi connectivity index (χ1) is 10.1. The van der Waals surface area contributed by atoms with Crippen LogP contribution in [0.15, 0.2) is 18.2 Å². The Bertz CT molecular complexity index is 485. The highest BCUT2D eigenvalue weighted by Gasteiger charge is 2.14. The van der Waals surface area contributed by atoms with Crippen LogP contribution in [-0.4, -0.2) is 11.9 Å². The standard InChI is InChI=1S/C16H21FO4/c1-3-5-7-15(18)20-13-10-9-12(17)11-14(13)21-16(19)8-6-4-2/h9-11H,3-8H2,1-2H3. The molecule has 0 atom stereocenters. The van der Waals surface area contributed by atoms with E-state index in [1.807, 2.05) is 13.8 Å². The highest BCUT2D eigenvalue weighted by atomic mass is 19.1. The van der Waals surface area contributed by atoms with E-state index in [1.165, 1.54) is 6.07 Å². The molecule has 0 aliphatic heterocycles. The number of halogens is 1. The van der Waals surface area contributed by atoms with E-state index in [-0.39, 0.29) is 24.3 Å². The minimum absolute atomic E-state index is 0.0547. The van der Waals surface area contributed by atoms with Gasteiger partial charge in [0.2, 0.25) is 0 Å². The Morgan fingerprint density at radius 1 is 0.952 bits per heavy atom. The Kier molecular flexibility index (Phi) is 7.43. The molecule has 0 heterocycles. The summed E-state index contributed by atoms with van der Waals surface area (Å²) in [6.45, 7) is 3.92. The van der Waals surface area contributed by atoms with Crippen LogP contribution in [0.2, 0.25) is 0 Å². The van der Waals surface area contributed by atoms with Gasteiger partial charge in [-0.2, -0.15) is 0 Å². The van der Waals surface area contributed by atoms with Crippen LogP contribution in [0.4, 0.5) is 4.39 Å². The minimum Gasteiger partial charge on any atom is -0.423 e. The van der Waals surface area contributed by atoms with Gasteiger partial charge in [-0.25, -0.2) is 4.39 Å². The number of carbonyl (C=O) groups is 2. The van der Waals surface area contributed by atoms with Crippen LogP contribution in [0, 0.1) is 5.82 Å². The van der Waals surface area contributed by atoms with Gasteiger partial charge in [0, 0.05) is 18.9 Å². The average Bonchev–Trinajstić information content (AvgIpc) is 2.45. The molecule has 1 aromatic rings. The van der Waals surface area contributed by atoms with E-state index < -0.39 is 17.8 Å².